The van der Waals surface area contributed by atoms with Crippen molar-refractivity contribution in [2.75, 3.05) is 19.8 Å². The molecule has 4 nitrogen and oxygen atoms in total. The summed E-state index contributed by atoms with van der Waals surface area (Å²) in [6, 6.07) is 3.85. The van der Waals surface area contributed by atoms with Gasteiger partial charge in [0.05, 0.1) is 13.2 Å². The molecule has 0 bridgehead atoms. The summed E-state index contributed by atoms with van der Waals surface area (Å²) in [6.07, 6.45) is 4.35. The van der Waals surface area contributed by atoms with Crippen molar-refractivity contribution in [3.05, 3.63) is 17.7 Å². The van der Waals surface area contributed by atoms with E-state index in [0.29, 0.717) is 24.7 Å². The molecule has 1 aromatic rings. The van der Waals surface area contributed by atoms with E-state index in [1.54, 1.807) is 6.07 Å². The van der Waals surface area contributed by atoms with Crippen LogP contribution in [0.5, 0.6) is 17.2 Å². The standard InChI is InChI=1S/C14H19NO3/c16-12-9-14-13(17-6-3-7-18-14)8-10(12)11-4-1-2-5-15-11/h8-9,11,15-16H,1-7H2. The summed E-state index contributed by atoms with van der Waals surface area (Å²) in [4.78, 5) is 0. The second-order valence-corrected chi connectivity index (χ2v) is 4.91. The molecule has 1 saturated heterocycles. The van der Waals surface area contributed by atoms with Gasteiger partial charge in [0.15, 0.2) is 11.5 Å². The van der Waals surface area contributed by atoms with Crippen LogP contribution < -0.4 is 14.8 Å². The Morgan fingerprint density at radius 1 is 1.06 bits per heavy atom. The van der Waals surface area contributed by atoms with E-state index in [0.717, 1.165) is 30.7 Å². The van der Waals surface area contributed by atoms with Gasteiger partial charge in [0.2, 0.25) is 0 Å². The zero-order valence-corrected chi connectivity index (χ0v) is 10.4. The summed E-state index contributed by atoms with van der Waals surface area (Å²) in [5.74, 6) is 1.72. The van der Waals surface area contributed by atoms with Crippen molar-refractivity contribution in [3.63, 3.8) is 0 Å². The fourth-order valence-electron chi connectivity index (χ4n) is 2.61. The molecule has 2 aliphatic rings. The van der Waals surface area contributed by atoms with E-state index in [2.05, 4.69) is 5.32 Å². The topological polar surface area (TPSA) is 50.7 Å². The van der Waals surface area contributed by atoms with Crippen LogP contribution in [-0.4, -0.2) is 24.9 Å². The largest absolute Gasteiger partial charge is 0.507 e. The van der Waals surface area contributed by atoms with Crippen LogP contribution in [0.15, 0.2) is 12.1 Å². The number of phenols is 1. The van der Waals surface area contributed by atoms with Crippen molar-refractivity contribution in [1.29, 1.82) is 0 Å². The van der Waals surface area contributed by atoms with Crippen LogP contribution in [0.2, 0.25) is 0 Å². The van der Waals surface area contributed by atoms with Gasteiger partial charge < -0.3 is 19.9 Å². The Kier molecular flexibility index (Phi) is 3.28. The molecular weight excluding hydrogens is 230 g/mol. The highest BCUT2D eigenvalue weighted by molar-refractivity contribution is 5.51. The molecule has 1 atom stereocenters. The third-order valence-electron chi connectivity index (χ3n) is 3.58. The normalized spacial score (nSPS) is 23.4. The molecule has 3 rings (SSSR count). The average molecular weight is 249 g/mol. The number of hydrogen-bond acceptors (Lipinski definition) is 4. The van der Waals surface area contributed by atoms with E-state index in [1.807, 2.05) is 6.07 Å². The van der Waals surface area contributed by atoms with Crippen molar-refractivity contribution >= 4 is 0 Å². The number of piperidine rings is 1. The first-order valence-corrected chi connectivity index (χ1v) is 6.70. The highest BCUT2D eigenvalue weighted by Gasteiger charge is 2.21. The predicted octanol–water partition coefficient (Wildman–Crippen LogP) is 2.37. The molecule has 0 aliphatic carbocycles. The van der Waals surface area contributed by atoms with Crippen molar-refractivity contribution in [2.24, 2.45) is 0 Å². The molecule has 98 valence electrons. The zero-order valence-electron chi connectivity index (χ0n) is 10.4. The van der Waals surface area contributed by atoms with Crippen LogP contribution >= 0.6 is 0 Å². The van der Waals surface area contributed by atoms with Gasteiger partial charge in [-0.1, -0.05) is 6.42 Å². The first-order valence-electron chi connectivity index (χ1n) is 6.70. The summed E-state index contributed by atoms with van der Waals surface area (Å²) in [5.41, 5.74) is 0.930. The van der Waals surface area contributed by atoms with Gasteiger partial charge in [-0.25, -0.2) is 0 Å². The quantitative estimate of drug-likeness (QED) is 0.802. The molecule has 1 aromatic carbocycles. The van der Waals surface area contributed by atoms with Crippen LogP contribution in [0.3, 0.4) is 0 Å². The van der Waals surface area contributed by atoms with Crippen molar-refractivity contribution in [1.82, 2.24) is 5.32 Å². The Hall–Kier alpha value is -1.42. The molecule has 0 saturated carbocycles. The number of hydrogen-bond donors (Lipinski definition) is 2. The van der Waals surface area contributed by atoms with E-state index < -0.39 is 0 Å². The number of aromatic hydroxyl groups is 1. The first-order chi connectivity index (χ1) is 8.84. The van der Waals surface area contributed by atoms with Gasteiger partial charge in [-0.2, -0.15) is 0 Å². The zero-order chi connectivity index (χ0) is 12.4. The molecule has 0 aromatic heterocycles. The molecule has 2 heterocycles. The van der Waals surface area contributed by atoms with E-state index in [-0.39, 0.29) is 6.04 Å². The highest BCUT2D eigenvalue weighted by Crippen LogP contribution is 2.39. The molecule has 0 radical (unpaired) electrons. The smallest absolute Gasteiger partial charge is 0.164 e. The third kappa shape index (κ3) is 2.25. The molecule has 1 unspecified atom stereocenters. The number of ether oxygens (including phenoxy) is 2. The van der Waals surface area contributed by atoms with Gasteiger partial charge in [-0.3, -0.25) is 0 Å². The molecule has 0 amide bonds. The predicted molar refractivity (Wildman–Crippen MR) is 68.3 cm³/mol. The van der Waals surface area contributed by atoms with Crippen LogP contribution in [-0.2, 0) is 0 Å². The first kappa shape index (κ1) is 11.7. The molecule has 18 heavy (non-hydrogen) atoms. The maximum atomic E-state index is 10.1. The van der Waals surface area contributed by atoms with Gasteiger partial charge in [0, 0.05) is 24.1 Å². The van der Waals surface area contributed by atoms with E-state index in [9.17, 15) is 5.11 Å². The highest BCUT2D eigenvalue weighted by atomic mass is 16.5. The second-order valence-electron chi connectivity index (χ2n) is 4.91. The molecule has 2 N–H and O–H groups in total. The van der Waals surface area contributed by atoms with Gasteiger partial charge in [-0.15, -0.1) is 0 Å². The Morgan fingerprint density at radius 3 is 2.56 bits per heavy atom. The Morgan fingerprint density at radius 2 is 1.83 bits per heavy atom. The number of rotatable bonds is 1. The van der Waals surface area contributed by atoms with Crippen LogP contribution in [0.1, 0.15) is 37.3 Å². The van der Waals surface area contributed by atoms with Crippen LogP contribution in [0.25, 0.3) is 0 Å². The number of benzene rings is 1. The maximum Gasteiger partial charge on any atom is 0.164 e. The summed E-state index contributed by atoms with van der Waals surface area (Å²) in [5, 5.41) is 13.6. The van der Waals surface area contributed by atoms with Crippen molar-refractivity contribution in [3.8, 4) is 17.2 Å². The van der Waals surface area contributed by atoms with Gasteiger partial charge in [0.1, 0.15) is 5.75 Å². The minimum absolute atomic E-state index is 0.232. The fourth-order valence-corrected chi connectivity index (χ4v) is 2.61. The Labute approximate surface area is 107 Å². The SMILES string of the molecule is Oc1cc2c(cc1C1CCCCN1)OCCCO2. The minimum atomic E-state index is 0.232. The molecule has 4 heteroatoms. The molecule has 2 aliphatic heterocycles. The monoisotopic (exact) mass is 249 g/mol. The molecular formula is C14H19NO3. The minimum Gasteiger partial charge on any atom is -0.507 e. The van der Waals surface area contributed by atoms with E-state index >= 15 is 0 Å². The van der Waals surface area contributed by atoms with Crippen LogP contribution in [0.4, 0.5) is 0 Å². The number of nitrogens with one attached hydrogen (secondary N) is 1. The number of phenolic OH excluding ortho intramolecular Hbond substituents is 1. The maximum absolute atomic E-state index is 10.1. The van der Waals surface area contributed by atoms with Gasteiger partial charge in [0.25, 0.3) is 0 Å². The van der Waals surface area contributed by atoms with E-state index in [1.165, 1.54) is 12.8 Å². The van der Waals surface area contributed by atoms with Crippen molar-refractivity contribution < 1.29 is 14.6 Å². The average Bonchev–Trinajstić information content (AvgIpc) is 2.63. The summed E-state index contributed by atoms with van der Waals surface area (Å²) in [7, 11) is 0. The molecule has 1 fully saturated rings. The lowest BCUT2D eigenvalue weighted by Gasteiger charge is -2.25. The Balaban J connectivity index is 1.92. The lowest BCUT2D eigenvalue weighted by atomic mass is 9.96. The summed E-state index contributed by atoms with van der Waals surface area (Å²) >= 11 is 0. The lowest BCUT2D eigenvalue weighted by molar-refractivity contribution is 0.296. The summed E-state index contributed by atoms with van der Waals surface area (Å²) < 4.78 is 11.2. The second kappa shape index (κ2) is 5.06. The third-order valence-corrected chi connectivity index (χ3v) is 3.58. The summed E-state index contributed by atoms with van der Waals surface area (Å²) in [6.45, 7) is 2.33. The van der Waals surface area contributed by atoms with E-state index in [4.69, 9.17) is 9.47 Å². The fraction of sp³-hybridized carbons (Fsp3) is 0.571. The van der Waals surface area contributed by atoms with Gasteiger partial charge in [-0.05, 0) is 25.5 Å². The van der Waals surface area contributed by atoms with Crippen LogP contribution in [0, 0.1) is 0 Å². The Bertz CT molecular complexity index is 427. The van der Waals surface area contributed by atoms with Crippen molar-refractivity contribution in [2.45, 2.75) is 31.7 Å². The molecule has 0 spiro atoms. The lowest BCUT2D eigenvalue weighted by Crippen LogP contribution is -2.26. The van der Waals surface area contributed by atoms with Gasteiger partial charge >= 0.3 is 0 Å². The number of fused-ring (bicyclic) bond motifs is 1.